The maximum atomic E-state index is 13.1. The summed E-state index contributed by atoms with van der Waals surface area (Å²) in [6.45, 7) is 2.33. The molecule has 0 aliphatic heterocycles. The summed E-state index contributed by atoms with van der Waals surface area (Å²) in [4.78, 5) is 19.0. The van der Waals surface area contributed by atoms with Crippen molar-refractivity contribution < 1.29 is 13.9 Å². The molecule has 8 heteroatoms. The third-order valence-corrected chi connectivity index (χ3v) is 6.00. The fourth-order valence-corrected chi connectivity index (χ4v) is 4.25. The molecule has 0 fully saturated rings. The van der Waals surface area contributed by atoms with Crippen LogP contribution in [0.3, 0.4) is 0 Å². The van der Waals surface area contributed by atoms with Crippen LogP contribution in [0.5, 0.6) is 5.75 Å². The SMILES string of the molecule is COc1ccc(Cl)cc1C(=O)NCc1sc2nc(-c3ccc(F)cc3)cn2c1C. The number of carbonyl (C=O) groups is 1. The van der Waals surface area contributed by atoms with Crippen molar-refractivity contribution in [1.29, 1.82) is 0 Å². The second-order valence-electron chi connectivity index (χ2n) is 6.42. The molecule has 1 N–H and O–H groups in total. The number of halogens is 2. The first-order valence-corrected chi connectivity index (χ1v) is 10.0. The molecule has 0 radical (unpaired) electrons. The van der Waals surface area contributed by atoms with Crippen LogP contribution in [0.15, 0.2) is 48.7 Å². The number of imidazole rings is 1. The number of ether oxygens (including phenoxy) is 1. The van der Waals surface area contributed by atoms with Gasteiger partial charge in [-0.3, -0.25) is 9.20 Å². The van der Waals surface area contributed by atoms with E-state index in [1.807, 2.05) is 17.5 Å². The summed E-state index contributed by atoms with van der Waals surface area (Å²) in [6, 6.07) is 11.2. The number of aromatic nitrogens is 2. The third kappa shape index (κ3) is 3.83. The van der Waals surface area contributed by atoms with E-state index in [2.05, 4.69) is 10.3 Å². The second kappa shape index (κ2) is 7.85. The van der Waals surface area contributed by atoms with E-state index < -0.39 is 0 Å². The zero-order chi connectivity index (χ0) is 20.5. The van der Waals surface area contributed by atoms with Crippen LogP contribution in [0.4, 0.5) is 4.39 Å². The second-order valence-corrected chi connectivity index (χ2v) is 7.92. The Labute approximate surface area is 175 Å². The van der Waals surface area contributed by atoms with Gasteiger partial charge >= 0.3 is 0 Å². The van der Waals surface area contributed by atoms with Gasteiger partial charge in [0.1, 0.15) is 11.6 Å². The Hall–Kier alpha value is -2.90. The van der Waals surface area contributed by atoms with Gasteiger partial charge in [-0.25, -0.2) is 9.37 Å². The monoisotopic (exact) mass is 429 g/mol. The minimum atomic E-state index is -0.277. The largest absolute Gasteiger partial charge is 0.496 e. The van der Waals surface area contributed by atoms with Gasteiger partial charge in [-0.05, 0) is 49.4 Å². The molecule has 29 heavy (non-hydrogen) atoms. The molecular weight excluding hydrogens is 413 g/mol. The summed E-state index contributed by atoms with van der Waals surface area (Å²) in [5.41, 5.74) is 3.00. The maximum Gasteiger partial charge on any atom is 0.255 e. The molecule has 4 aromatic rings. The van der Waals surface area contributed by atoms with Crippen LogP contribution < -0.4 is 10.1 Å². The van der Waals surface area contributed by atoms with Crippen molar-refractivity contribution in [3.63, 3.8) is 0 Å². The molecule has 2 heterocycles. The Morgan fingerprint density at radius 3 is 2.72 bits per heavy atom. The Bertz CT molecular complexity index is 1200. The first-order chi connectivity index (χ1) is 14.0. The predicted molar refractivity (Wildman–Crippen MR) is 112 cm³/mol. The van der Waals surface area contributed by atoms with E-state index in [0.717, 1.165) is 26.8 Å². The summed E-state index contributed by atoms with van der Waals surface area (Å²) >= 11 is 7.51. The van der Waals surface area contributed by atoms with Gasteiger partial charge in [-0.1, -0.05) is 22.9 Å². The molecule has 0 saturated heterocycles. The van der Waals surface area contributed by atoms with Crippen molar-refractivity contribution in [2.24, 2.45) is 0 Å². The highest BCUT2D eigenvalue weighted by atomic mass is 35.5. The molecule has 0 atom stereocenters. The lowest BCUT2D eigenvalue weighted by Crippen LogP contribution is -2.23. The van der Waals surface area contributed by atoms with Crippen molar-refractivity contribution in [3.8, 4) is 17.0 Å². The number of aryl methyl sites for hydroxylation is 1. The van der Waals surface area contributed by atoms with Gasteiger partial charge in [0, 0.05) is 27.4 Å². The summed E-state index contributed by atoms with van der Waals surface area (Å²) in [5.74, 6) is -0.0735. The van der Waals surface area contributed by atoms with E-state index in [9.17, 15) is 9.18 Å². The van der Waals surface area contributed by atoms with E-state index >= 15 is 0 Å². The molecule has 0 unspecified atom stereocenters. The molecule has 0 saturated carbocycles. The lowest BCUT2D eigenvalue weighted by molar-refractivity contribution is 0.0948. The van der Waals surface area contributed by atoms with E-state index in [-0.39, 0.29) is 11.7 Å². The summed E-state index contributed by atoms with van der Waals surface area (Å²) in [6.07, 6.45) is 1.92. The van der Waals surface area contributed by atoms with Gasteiger partial charge in [-0.2, -0.15) is 0 Å². The highest BCUT2D eigenvalue weighted by Gasteiger charge is 2.16. The van der Waals surface area contributed by atoms with Crippen molar-refractivity contribution in [1.82, 2.24) is 14.7 Å². The van der Waals surface area contributed by atoms with E-state index in [1.165, 1.54) is 30.6 Å². The number of benzene rings is 2. The highest BCUT2D eigenvalue weighted by molar-refractivity contribution is 7.17. The highest BCUT2D eigenvalue weighted by Crippen LogP contribution is 2.28. The lowest BCUT2D eigenvalue weighted by atomic mass is 10.2. The topological polar surface area (TPSA) is 55.6 Å². The van der Waals surface area contributed by atoms with E-state index in [1.54, 1.807) is 30.3 Å². The standard InChI is InChI=1S/C21H17ClFN3O2S/c1-12-19(10-24-20(27)16-9-14(22)5-8-18(16)28-2)29-21-25-17(11-26(12)21)13-3-6-15(23)7-4-13/h3-9,11H,10H2,1-2H3,(H,24,27). The number of nitrogens with zero attached hydrogens (tertiary/aromatic N) is 2. The fourth-order valence-electron chi connectivity index (χ4n) is 3.03. The Morgan fingerprint density at radius 2 is 2.03 bits per heavy atom. The molecule has 0 spiro atoms. The summed E-state index contributed by atoms with van der Waals surface area (Å²) in [7, 11) is 1.51. The third-order valence-electron chi connectivity index (χ3n) is 4.61. The number of methoxy groups -OCH3 is 1. The molecule has 5 nitrogen and oxygen atoms in total. The Balaban J connectivity index is 1.54. The summed E-state index contributed by atoms with van der Waals surface area (Å²) in [5, 5.41) is 3.38. The molecule has 0 aliphatic rings. The zero-order valence-corrected chi connectivity index (χ0v) is 17.3. The van der Waals surface area contributed by atoms with Gasteiger partial charge in [0.25, 0.3) is 5.91 Å². The normalized spacial score (nSPS) is 11.0. The van der Waals surface area contributed by atoms with E-state index in [4.69, 9.17) is 16.3 Å². The Kier molecular flexibility index (Phi) is 5.25. The number of carbonyl (C=O) groups excluding carboxylic acids is 1. The van der Waals surface area contributed by atoms with Gasteiger partial charge in [0.2, 0.25) is 0 Å². The van der Waals surface area contributed by atoms with Crippen molar-refractivity contribution in [3.05, 3.63) is 75.6 Å². The summed E-state index contributed by atoms with van der Waals surface area (Å²) < 4.78 is 20.4. The van der Waals surface area contributed by atoms with Crippen molar-refractivity contribution in [2.45, 2.75) is 13.5 Å². The lowest BCUT2D eigenvalue weighted by Gasteiger charge is -2.09. The number of thiazole rings is 1. The number of nitrogens with one attached hydrogen (secondary N) is 1. The van der Waals surface area contributed by atoms with Crippen LogP contribution in [-0.4, -0.2) is 22.4 Å². The first-order valence-electron chi connectivity index (χ1n) is 8.81. The molecule has 0 bridgehead atoms. The zero-order valence-electron chi connectivity index (χ0n) is 15.7. The van der Waals surface area contributed by atoms with Crippen LogP contribution >= 0.6 is 22.9 Å². The van der Waals surface area contributed by atoms with Gasteiger partial charge in [-0.15, -0.1) is 0 Å². The smallest absolute Gasteiger partial charge is 0.255 e. The molecule has 0 aliphatic carbocycles. The van der Waals surface area contributed by atoms with Crippen molar-refractivity contribution >= 4 is 33.8 Å². The first kappa shape index (κ1) is 19.4. The van der Waals surface area contributed by atoms with Crippen LogP contribution in [0.25, 0.3) is 16.2 Å². The fraction of sp³-hybridized carbons (Fsp3) is 0.143. The van der Waals surface area contributed by atoms with Gasteiger partial charge < -0.3 is 10.1 Å². The van der Waals surface area contributed by atoms with Gasteiger partial charge in [0.05, 0.1) is 24.9 Å². The van der Waals surface area contributed by atoms with Crippen LogP contribution in [0.2, 0.25) is 5.02 Å². The number of rotatable bonds is 5. The average Bonchev–Trinajstić information content (AvgIpc) is 3.26. The average molecular weight is 430 g/mol. The molecule has 148 valence electrons. The number of hydrogen-bond acceptors (Lipinski definition) is 4. The number of hydrogen-bond donors (Lipinski definition) is 1. The maximum absolute atomic E-state index is 13.1. The van der Waals surface area contributed by atoms with E-state index in [0.29, 0.717) is 22.9 Å². The minimum absolute atomic E-state index is 0.262. The van der Waals surface area contributed by atoms with Crippen LogP contribution in [-0.2, 0) is 6.54 Å². The minimum Gasteiger partial charge on any atom is -0.496 e. The quantitative estimate of drug-likeness (QED) is 0.480. The molecule has 2 aromatic heterocycles. The Morgan fingerprint density at radius 1 is 1.28 bits per heavy atom. The number of fused-ring (bicyclic) bond motifs is 1. The predicted octanol–water partition coefficient (Wildman–Crippen LogP) is 5.10. The van der Waals surface area contributed by atoms with Gasteiger partial charge in [0.15, 0.2) is 4.96 Å². The molecule has 2 aromatic carbocycles. The van der Waals surface area contributed by atoms with Crippen LogP contribution in [0.1, 0.15) is 20.9 Å². The van der Waals surface area contributed by atoms with Crippen molar-refractivity contribution in [2.75, 3.05) is 7.11 Å². The molecule has 1 amide bonds. The number of amides is 1. The molecular formula is C21H17ClFN3O2S. The van der Waals surface area contributed by atoms with Crippen LogP contribution in [0, 0.1) is 12.7 Å². The molecule has 4 rings (SSSR count).